The lowest BCUT2D eigenvalue weighted by molar-refractivity contribution is -0.136. The third kappa shape index (κ3) is 4.55. The zero-order valence-corrected chi connectivity index (χ0v) is 16.8. The predicted molar refractivity (Wildman–Crippen MR) is 99.2 cm³/mol. The first kappa shape index (κ1) is 20.3. The summed E-state index contributed by atoms with van der Waals surface area (Å²) in [5.41, 5.74) is 0. The lowest BCUT2D eigenvalue weighted by Gasteiger charge is -2.39. The van der Waals surface area contributed by atoms with Crippen LogP contribution < -0.4 is 0 Å². The highest BCUT2D eigenvalue weighted by Gasteiger charge is 2.37. The molecular formula is C17H30N4O5S. The molecule has 2 amide bonds. The minimum absolute atomic E-state index is 0.129. The quantitative estimate of drug-likeness (QED) is 0.676. The summed E-state index contributed by atoms with van der Waals surface area (Å²) in [6.07, 6.45) is 3.75. The van der Waals surface area contributed by atoms with Crippen molar-refractivity contribution in [2.75, 3.05) is 59.0 Å². The summed E-state index contributed by atoms with van der Waals surface area (Å²) in [7, 11) is -3.56. The molecule has 1 saturated carbocycles. The molecule has 0 aromatic heterocycles. The lowest BCUT2D eigenvalue weighted by atomic mass is 10.1. The number of hydrogen-bond acceptors (Lipinski definition) is 5. The molecule has 3 rings (SSSR count). The largest absolute Gasteiger partial charge is 0.450 e. The summed E-state index contributed by atoms with van der Waals surface area (Å²) >= 11 is 0. The van der Waals surface area contributed by atoms with Crippen LogP contribution >= 0.6 is 0 Å². The molecule has 2 saturated heterocycles. The van der Waals surface area contributed by atoms with E-state index in [9.17, 15) is 18.0 Å². The molecule has 0 aromatic rings. The molecule has 27 heavy (non-hydrogen) atoms. The molecule has 2 aliphatic heterocycles. The molecule has 9 nitrogen and oxygen atoms in total. The molecule has 1 aliphatic carbocycles. The van der Waals surface area contributed by atoms with Crippen LogP contribution in [0.4, 0.5) is 4.79 Å². The van der Waals surface area contributed by atoms with Crippen molar-refractivity contribution in [1.82, 2.24) is 18.4 Å². The third-order valence-electron chi connectivity index (χ3n) is 5.67. The number of piperazine rings is 2. The first-order chi connectivity index (χ1) is 12.9. The van der Waals surface area contributed by atoms with Gasteiger partial charge in [0.05, 0.1) is 6.61 Å². The van der Waals surface area contributed by atoms with Crippen LogP contribution in [0.5, 0.6) is 0 Å². The SMILES string of the molecule is CCOC(=O)N1CCN(S(=O)(=O)N2CCN(C(=O)C3CCCC3)CC2)CC1. The van der Waals surface area contributed by atoms with Gasteiger partial charge in [-0.15, -0.1) is 0 Å². The lowest BCUT2D eigenvalue weighted by Crippen LogP contribution is -2.58. The molecule has 3 fully saturated rings. The number of nitrogens with zero attached hydrogens (tertiary/aromatic N) is 4. The van der Waals surface area contributed by atoms with E-state index in [1.807, 2.05) is 4.90 Å². The molecule has 0 unspecified atom stereocenters. The zero-order chi connectivity index (χ0) is 19.4. The van der Waals surface area contributed by atoms with E-state index in [4.69, 9.17) is 4.74 Å². The minimum atomic E-state index is -3.56. The van der Waals surface area contributed by atoms with Crippen molar-refractivity contribution in [1.29, 1.82) is 0 Å². The van der Waals surface area contributed by atoms with E-state index in [0.717, 1.165) is 25.7 Å². The molecular weight excluding hydrogens is 372 g/mol. The number of carbonyl (C=O) groups excluding carboxylic acids is 2. The Hall–Kier alpha value is -1.39. The fraction of sp³-hybridized carbons (Fsp3) is 0.882. The normalized spacial score (nSPS) is 23.6. The summed E-state index contributed by atoms with van der Waals surface area (Å²) in [5, 5.41) is 0. The maximum absolute atomic E-state index is 12.9. The number of rotatable bonds is 4. The van der Waals surface area contributed by atoms with Crippen LogP contribution in [-0.2, 0) is 19.7 Å². The van der Waals surface area contributed by atoms with E-state index in [-0.39, 0.29) is 24.9 Å². The van der Waals surface area contributed by atoms with Gasteiger partial charge in [-0.25, -0.2) is 4.79 Å². The van der Waals surface area contributed by atoms with Gasteiger partial charge in [0.2, 0.25) is 5.91 Å². The summed E-state index contributed by atoms with van der Waals surface area (Å²) in [5.74, 6) is 0.316. The highest BCUT2D eigenvalue weighted by molar-refractivity contribution is 7.86. The van der Waals surface area contributed by atoms with Crippen molar-refractivity contribution in [3.8, 4) is 0 Å². The van der Waals surface area contributed by atoms with Crippen LogP contribution in [0.1, 0.15) is 32.6 Å². The Morgan fingerprint density at radius 3 is 1.81 bits per heavy atom. The molecule has 10 heteroatoms. The van der Waals surface area contributed by atoms with Crippen molar-refractivity contribution in [2.24, 2.45) is 5.92 Å². The van der Waals surface area contributed by atoms with Gasteiger partial charge in [-0.1, -0.05) is 12.8 Å². The van der Waals surface area contributed by atoms with Crippen LogP contribution in [0.15, 0.2) is 0 Å². The Morgan fingerprint density at radius 2 is 1.33 bits per heavy atom. The Kier molecular flexibility index (Phi) is 6.59. The van der Waals surface area contributed by atoms with E-state index >= 15 is 0 Å². The predicted octanol–water partition coefficient (Wildman–Crippen LogP) is 0.340. The van der Waals surface area contributed by atoms with Gasteiger partial charge in [-0.3, -0.25) is 4.79 Å². The second-order valence-corrected chi connectivity index (χ2v) is 9.23. The van der Waals surface area contributed by atoms with Gasteiger partial charge >= 0.3 is 6.09 Å². The Balaban J connectivity index is 1.50. The molecule has 2 heterocycles. The van der Waals surface area contributed by atoms with Gasteiger partial charge in [-0.2, -0.15) is 17.0 Å². The molecule has 154 valence electrons. The van der Waals surface area contributed by atoms with Crippen LogP contribution in [0.2, 0.25) is 0 Å². The standard InChI is InChI=1S/C17H30N4O5S/c1-2-26-17(23)19-9-13-21(14-10-19)27(24,25)20-11-7-18(8-12-20)16(22)15-5-3-4-6-15/h15H,2-14H2,1H3. The van der Waals surface area contributed by atoms with E-state index in [2.05, 4.69) is 0 Å². The van der Waals surface area contributed by atoms with Gasteiger partial charge in [0.15, 0.2) is 0 Å². The van der Waals surface area contributed by atoms with E-state index in [1.54, 1.807) is 6.92 Å². The van der Waals surface area contributed by atoms with Gasteiger partial charge in [0.1, 0.15) is 0 Å². The van der Waals surface area contributed by atoms with Crippen molar-refractivity contribution in [3.05, 3.63) is 0 Å². The van der Waals surface area contributed by atoms with E-state index < -0.39 is 16.3 Å². The summed E-state index contributed by atoms with van der Waals surface area (Å²) in [6, 6.07) is 0. The van der Waals surface area contributed by atoms with Crippen molar-refractivity contribution in [3.63, 3.8) is 0 Å². The van der Waals surface area contributed by atoms with Crippen molar-refractivity contribution in [2.45, 2.75) is 32.6 Å². The average Bonchev–Trinajstić information content (AvgIpc) is 3.22. The molecule has 0 atom stereocenters. The molecule has 0 bridgehead atoms. The van der Waals surface area contributed by atoms with Crippen molar-refractivity contribution < 1.29 is 22.7 Å². The molecule has 3 aliphatic rings. The molecule has 0 N–H and O–H groups in total. The summed E-state index contributed by atoms with van der Waals surface area (Å²) < 4.78 is 33.6. The van der Waals surface area contributed by atoms with Crippen LogP contribution in [0, 0.1) is 5.92 Å². The van der Waals surface area contributed by atoms with Crippen LogP contribution in [-0.4, -0.2) is 97.8 Å². The van der Waals surface area contributed by atoms with Crippen molar-refractivity contribution >= 4 is 22.2 Å². The zero-order valence-electron chi connectivity index (χ0n) is 16.0. The second-order valence-electron chi connectivity index (χ2n) is 7.30. The van der Waals surface area contributed by atoms with Crippen LogP contribution in [0.3, 0.4) is 0 Å². The van der Waals surface area contributed by atoms with E-state index in [0.29, 0.717) is 45.9 Å². The highest BCUT2D eigenvalue weighted by Crippen LogP contribution is 2.27. The van der Waals surface area contributed by atoms with Crippen LogP contribution in [0.25, 0.3) is 0 Å². The van der Waals surface area contributed by atoms with Gasteiger partial charge < -0.3 is 14.5 Å². The molecule has 0 aromatic carbocycles. The fourth-order valence-electron chi connectivity index (χ4n) is 4.05. The number of amides is 2. The Bertz CT molecular complexity index is 634. The fourth-order valence-corrected chi connectivity index (χ4v) is 5.63. The van der Waals surface area contributed by atoms with E-state index in [1.165, 1.54) is 13.5 Å². The topological polar surface area (TPSA) is 90.5 Å². The molecule has 0 radical (unpaired) electrons. The smallest absolute Gasteiger partial charge is 0.409 e. The van der Waals surface area contributed by atoms with Gasteiger partial charge in [0, 0.05) is 58.3 Å². The first-order valence-corrected chi connectivity index (χ1v) is 11.3. The summed E-state index contributed by atoms with van der Waals surface area (Å²) in [6.45, 7) is 4.82. The molecule has 0 spiro atoms. The number of carbonyl (C=O) groups is 2. The second kappa shape index (κ2) is 8.74. The highest BCUT2D eigenvalue weighted by atomic mass is 32.2. The Morgan fingerprint density at radius 1 is 0.852 bits per heavy atom. The average molecular weight is 403 g/mol. The minimum Gasteiger partial charge on any atom is -0.450 e. The van der Waals surface area contributed by atoms with Gasteiger partial charge in [-0.05, 0) is 19.8 Å². The first-order valence-electron chi connectivity index (χ1n) is 9.89. The third-order valence-corrected chi connectivity index (χ3v) is 7.71. The monoisotopic (exact) mass is 402 g/mol. The maximum Gasteiger partial charge on any atom is 0.409 e. The Labute approximate surface area is 161 Å². The summed E-state index contributed by atoms with van der Waals surface area (Å²) in [4.78, 5) is 27.6. The maximum atomic E-state index is 12.9. The number of ether oxygens (including phenoxy) is 1. The number of hydrogen-bond donors (Lipinski definition) is 0. The van der Waals surface area contributed by atoms with Gasteiger partial charge in [0.25, 0.3) is 10.2 Å².